The van der Waals surface area contributed by atoms with Crippen molar-refractivity contribution in [2.45, 2.75) is 53.0 Å². The lowest BCUT2D eigenvalue weighted by molar-refractivity contribution is -0.120. The van der Waals surface area contributed by atoms with Gasteiger partial charge in [-0.25, -0.2) is 0 Å². The number of rotatable bonds is 10. The molecule has 0 aromatic heterocycles. The summed E-state index contributed by atoms with van der Waals surface area (Å²) in [5.74, 6) is 1.73. The number of likely N-dealkylation sites (tertiary alicyclic amines) is 1. The lowest BCUT2D eigenvalue weighted by atomic mass is 9.92. The Morgan fingerprint density at radius 3 is 2.45 bits per heavy atom. The van der Waals surface area contributed by atoms with E-state index in [-0.39, 0.29) is 24.4 Å². The Morgan fingerprint density at radius 1 is 1.17 bits per heavy atom. The summed E-state index contributed by atoms with van der Waals surface area (Å²) in [4.78, 5) is 26.9. The molecule has 1 aliphatic heterocycles. The Balaban J connectivity index is 1.70. The van der Waals surface area contributed by atoms with Crippen molar-refractivity contribution in [1.29, 1.82) is 0 Å². The van der Waals surface area contributed by atoms with Gasteiger partial charge in [0.05, 0.1) is 13.2 Å². The standard InChI is InChI=1S/C23H37N3O3/c1-5-6-11-29-21-9-7-20(8-10-21)23(28)24-13-22(27)25-19(4)16-26-14-17(2)12-18(3)15-26/h7-10,17-19H,5-6,11-16H2,1-4H3,(H,24,28)(H,25,27)/t17-,18+,19-/m1/s1. The van der Waals surface area contributed by atoms with Crippen molar-refractivity contribution in [3.05, 3.63) is 29.8 Å². The van der Waals surface area contributed by atoms with Gasteiger partial charge in [-0.3, -0.25) is 9.59 Å². The maximum Gasteiger partial charge on any atom is 0.251 e. The van der Waals surface area contributed by atoms with Crippen LogP contribution in [0.1, 0.15) is 57.3 Å². The van der Waals surface area contributed by atoms with Gasteiger partial charge < -0.3 is 20.3 Å². The molecule has 0 spiro atoms. The topological polar surface area (TPSA) is 70.7 Å². The summed E-state index contributed by atoms with van der Waals surface area (Å²) in [5, 5.41) is 5.67. The smallest absolute Gasteiger partial charge is 0.251 e. The van der Waals surface area contributed by atoms with E-state index in [9.17, 15) is 9.59 Å². The number of amides is 2. The van der Waals surface area contributed by atoms with Gasteiger partial charge in [0.15, 0.2) is 0 Å². The molecule has 29 heavy (non-hydrogen) atoms. The number of nitrogens with zero attached hydrogens (tertiary/aromatic N) is 1. The lowest BCUT2D eigenvalue weighted by Crippen LogP contribution is -2.48. The summed E-state index contributed by atoms with van der Waals surface area (Å²) in [7, 11) is 0. The maximum absolute atomic E-state index is 12.3. The molecule has 6 nitrogen and oxygen atoms in total. The van der Waals surface area contributed by atoms with E-state index in [1.807, 2.05) is 6.92 Å². The predicted molar refractivity (Wildman–Crippen MR) is 116 cm³/mol. The van der Waals surface area contributed by atoms with Crippen LogP contribution in [0.15, 0.2) is 24.3 Å². The molecule has 0 aliphatic carbocycles. The first-order valence-corrected chi connectivity index (χ1v) is 10.9. The van der Waals surface area contributed by atoms with Gasteiger partial charge in [0.2, 0.25) is 5.91 Å². The van der Waals surface area contributed by atoms with Crippen LogP contribution in [0, 0.1) is 11.8 Å². The molecule has 0 radical (unpaired) electrons. The van der Waals surface area contributed by atoms with Gasteiger partial charge in [-0.15, -0.1) is 0 Å². The predicted octanol–water partition coefficient (Wildman–Crippen LogP) is 3.08. The number of carbonyl (C=O) groups is 2. The van der Waals surface area contributed by atoms with Crippen molar-refractivity contribution in [3.63, 3.8) is 0 Å². The molecular formula is C23H37N3O3. The summed E-state index contributed by atoms with van der Waals surface area (Å²) in [5.41, 5.74) is 0.519. The van der Waals surface area contributed by atoms with Crippen molar-refractivity contribution < 1.29 is 14.3 Å². The van der Waals surface area contributed by atoms with E-state index in [4.69, 9.17) is 4.74 Å². The van der Waals surface area contributed by atoms with E-state index >= 15 is 0 Å². The van der Waals surface area contributed by atoms with Crippen LogP contribution >= 0.6 is 0 Å². The zero-order valence-corrected chi connectivity index (χ0v) is 18.4. The zero-order valence-electron chi connectivity index (χ0n) is 18.4. The highest BCUT2D eigenvalue weighted by Crippen LogP contribution is 2.20. The summed E-state index contributed by atoms with van der Waals surface area (Å²) in [6, 6.07) is 7.06. The summed E-state index contributed by atoms with van der Waals surface area (Å²) >= 11 is 0. The maximum atomic E-state index is 12.3. The lowest BCUT2D eigenvalue weighted by Gasteiger charge is -2.36. The first-order chi connectivity index (χ1) is 13.9. The van der Waals surface area contributed by atoms with E-state index in [1.165, 1.54) is 6.42 Å². The van der Waals surface area contributed by atoms with Gasteiger partial charge in [-0.2, -0.15) is 0 Å². The third-order valence-corrected chi connectivity index (χ3v) is 5.18. The average molecular weight is 404 g/mol. The zero-order chi connectivity index (χ0) is 21.2. The van der Waals surface area contributed by atoms with E-state index in [2.05, 4.69) is 36.3 Å². The third-order valence-electron chi connectivity index (χ3n) is 5.18. The molecule has 2 N–H and O–H groups in total. The first-order valence-electron chi connectivity index (χ1n) is 10.9. The number of piperidine rings is 1. The van der Waals surface area contributed by atoms with Gasteiger partial charge >= 0.3 is 0 Å². The number of carbonyl (C=O) groups excluding carboxylic acids is 2. The van der Waals surface area contributed by atoms with Crippen LogP contribution in [0.3, 0.4) is 0 Å². The molecule has 0 bridgehead atoms. The van der Waals surface area contributed by atoms with E-state index in [0.29, 0.717) is 24.0 Å². The highest BCUT2D eigenvalue weighted by Gasteiger charge is 2.23. The number of ether oxygens (including phenoxy) is 1. The highest BCUT2D eigenvalue weighted by molar-refractivity contribution is 5.96. The van der Waals surface area contributed by atoms with Crippen LogP contribution in [0.25, 0.3) is 0 Å². The number of benzene rings is 1. The van der Waals surface area contributed by atoms with Crippen molar-refractivity contribution in [3.8, 4) is 5.75 Å². The molecule has 3 atom stereocenters. The second-order valence-electron chi connectivity index (χ2n) is 8.54. The molecule has 1 fully saturated rings. The quantitative estimate of drug-likeness (QED) is 0.589. The van der Waals surface area contributed by atoms with Crippen molar-refractivity contribution in [2.75, 3.05) is 32.8 Å². The molecule has 6 heteroatoms. The Morgan fingerprint density at radius 2 is 1.83 bits per heavy atom. The number of hydrogen-bond acceptors (Lipinski definition) is 4. The minimum atomic E-state index is -0.258. The number of hydrogen-bond donors (Lipinski definition) is 2. The van der Waals surface area contributed by atoms with Crippen LogP contribution in [0.5, 0.6) is 5.75 Å². The molecule has 0 saturated carbocycles. The van der Waals surface area contributed by atoms with Crippen LogP contribution in [0.2, 0.25) is 0 Å². The molecule has 1 aromatic carbocycles. The van der Waals surface area contributed by atoms with Gasteiger partial charge in [-0.1, -0.05) is 27.2 Å². The van der Waals surface area contributed by atoms with Gasteiger partial charge in [0.1, 0.15) is 5.75 Å². The molecule has 1 aromatic rings. The fraction of sp³-hybridized carbons (Fsp3) is 0.652. The Kier molecular flexibility index (Phi) is 9.45. The molecule has 0 unspecified atom stereocenters. The second-order valence-corrected chi connectivity index (χ2v) is 8.54. The van der Waals surface area contributed by atoms with Gasteiger partial charge in [0, 0.05) is 31.2 Å². The number of nitrogens with one attached hydrogen (secondary N) is 2. The Hall–Kier alpha value is -2.08. The van der Waals surface area contributed by atoms with Crippen LogP contribution in [-0.4, -0.2) is 55.5 Å². The average Bonchev–Trinajstić information content (AvgIpc) is 2.66. The molecule has 162 valence electrons. The van der Waals surface area contributed by atoms with E-state index in [0.717, 1.165) is 38.2 Å². The summed E-state index contributed by atoms with van der Waals surface area (Å²) in [6.45, 7) is 12.4. The normalized spacial score (nSPS) is 20.7. The minimum Gasteiger partial charge on any atom is -0.494 e. The fourth-order valence-corrected chi connectivity index (χ4v) is 4.00. The second kappa shape index (κ2) is 11.8. The SMILES string of the molecule is CCCCOc1ccc(C(=O)NCC(=O)N[C@H](C)CN2C[C@H](C)C[C@H](C)C2)cc1. The third kappa shape index (κ3) is 8.44. The first kappa shape index (κ1) is 23.2. The summed E-state index contributed by atoms with van der Waals surface area (Å²) < 4.78 is 5.60. The molecule has 2 amide bonds. The van der Waals surface area contributed by atoms with Crippen LogP contribution < -0.4 is 15.4 Å². The Bertz CT molecular complexity index is 637. The van der Waals surface area contributed by atoms with Crippen molar-refractivity contribution >= 4 is 11.8 Å². The molecular weight excluding hydrogens is 366 g/mol. The van der Waals surface area contributed by atoms with Crippen molar-refractivity contribution in [2.24, 2.45) is 11.8 Å². The summed E-state index contributed by atoms with van der Waals surface area (Å²) in [6.07, 6.45) is 3.36. The highest BCUT2D eigenvalue weighted by atomic mass is 16.5. The Labute approximate surface area is 175 Å². The van der Waals surface area contributed by atoms with Crippen LogP contribution in [0.4, 0.5) is 0 Å². The van der Waals surface area contributed by atoms with Crippen molar-refractivity contribution in [1.82, 2.24) is 15.5 Å². The van der Waals surface area contributed by atoms with Gasteiger partial charge in [-0.05, 0) is 55.9 Å². The minimum absolute atomic E-state index is 0.0231. The largest absolute Gasteiger partial charge is 0.494 e. The molecule has 2 rings (SSSR count). The molecule has 1 saturated heterocycles. The van der Waals surface area contributed by atoms with E-state index < -0.39 is 0 Å². The fourth-order valence-electron chi connectivity index (χ4n) is 4.00. The molecule has 1 heterocycles. The number of unbranched alkanes of at least 4 members (excludes halogenated alkanes) is 1. The van der Waals surface area contributed by atoms with E-state index in [1.54, 1.807) is 24.3 Å². The van der Waals surface area contributed by atoms with Crippen LogP contribution in [-0.2, 0) is 4.79 Å². The van der Waals surface area contributed by atoms with Gasteiger partial charge in [0.25, 0.3) is 5.91 Å². The monoisotopic (exact) mass is 403 g/mol. The molecule has 1 aliphatic rings.